The van der Waals surface area contributed by atoms with E-state index in [-0.39, 0.29) is 24.0 Å². The second-order valence-corrected chi connectivity index (χ2v) is 8.02. The Bertz CT molecular complexity index is 637. The van der Waals surface area contributed by atoms with E-state index in [1.807, 2.05) is 40.0 Å². The first kappa shape index (κ1) is 27.4. The summed E-state index contributed by atoms with van der Waals surface area (Å²) >= 11 is 0. The predicted molar refractivity (Wildman–Crippen MR) is 130 cm³/mol. The van der Waals surface area contributed by atoms with Crippen LogP contribution in [0.4, 0.5) is 4.79 Å². The van der Waals surface area contributed by atoms with Gasteiger partial charge in [-0.2, -0.15) is 0 Å². The van der Waals surface area contributed by atoms with E-state index in [4.69, 9.17) is 4.74 Å². The van der Waals surface area contributed by atoms with Crippen LogP contribution in [0.3, 0.4) is 0 Å². The SMILES string of the molecule is CCC(CC)(CNC(=NC)NCCc1ccc(C)nc1)NC(=O)OC(C)(C)C.I. The summed E-state index contributed by atoms with van der Waals surface area (Å²) in [7, 11) is 1.74. The lowest BCUT2D eigenvalue weighted by molar-refractivity contribution is 0.0448. The highest BCUT2D eigenvalue weighted by Crippen LogP contribution is 2.16. The summed E-state index contributed by atoms with van der Waals surface area (Å²) in [5.74, 6) is 0.706. The third-order valence-electron chi connectivity index (χ3n) is 4.62. The van der Waals surface area contributed by atoms with Crippen molar-refractivity contribution in [3.05, 3.63) is 29.6 Å². The Morgan fingerprint density at radius 1 is 1.17 bits per heavy atom. The number of aromatic nitrogens is 1. The van der Waals surface area contributed by atoms with Gasteiger partial charge in [0.25, 0.3) is 0 Å². The van der Waals surface area contributed by atoms with Crippen LogP contribution in [0.25, 0.3) is 0 Å². The average Bonchev–Trinajstić information content (AvgIpc) is 2.63. The Morgan fingerprint density at radius 3 is 2.31 bits per heavy atom. The van der Waals surface area contributed by atoms with E-state index in [1.165, 1.54) is 5.56 Å². The molecule has 0 radical (unpaired) electrons. The first-order valence-corrected chi connectivity index (χ1v) is 10.00. The molecule has 7 nitrogen and oxygen atoms in total. The number of alkyl carbamates (subject to hydrolysis) is 1. The lowest BCUT2D eigenvalue weighted by Gasteiger charge is -2.34. The average molecular weight is 519 g/mol. The summed E-state index contributed by atoms with van der Waals surface area (Å²) in [6, 6.07) is 4.10. The molecule has 0 saturated heterocycles. The number of hydrogen-bond acceptors (Lipinski definition) is 4. The number of pyridine rings is 1. The summed E-state index contributed by atoms with van der Waals surface area (Å²) in [4.78, 5) is 20.8. The van der Waals surface area contributed by atoms with E-state index < -0.39 is 17.2 Å². The van der Waals surface area contributed by atoms with Crippen LogP contribution in [0.5, 0.6) is 0 Å². The summed E-state index contributed by atoms with van der Waals surface area (Å²) in [5.41, 5.74) is 1.27. The minimum absolute atomic E-state index is 0. The molecule has 1 heterocycles. The van der Waals surface area contributed by atoms with Gasteiger partial charge in [-0.1, -0.05) is 19.9 Å². The molecule has 0 atom stereocenters. The van der Waals surface area contributed by atoms with E-state index in [0.717, 1.165) is 31.5 Å². The summed E-state index contributed by atoms with van der Waals surface area (Å²) in [6.07, 6.45) is 3.92. The van der Waals surface area contributed by atoms with Crippen molar-refractivity contribution in [2.24, 2.45) is 4.99 Å². The van der Waals surface area contributed by atoms with E-state index in [9.17, 15) is 4.79 Å². The van der Waals surface area contributed by atoms with Gasteiger partial charge in [-0.3, -0.25) is 9.98 Å². The quantitative estimate of drug-likeness (QED) is 0.276. The molecule has 0 unspecified atom stereocenters. The molecule has 29 heavy (non-hydrogen) atoms. The lowest BCUT2D eigenvalue weighted by Crippen LogP contribution is -2.57. The van der Waals surface area contributed by atoms with Crippen molar-refractivity contribution < 1.29 is 9.53 Å². The van der Waals surface area contributed by atoms with Crippen LogP contribution in [0.15, 0.2) is 23.3 Å². The minimum atomic E-state index is -0.521. The maximum Gasteiger partial charge on any atom is 0.408 e. The number of carbonyl (C=O) groups is 1. The Morgan fingerprint density at radius 2 is 1.83 bits per heavy atom. The third kappa shape index (κ3) is 10.7. The molecule has 0 aliphatic rings. The van der Waals surface area contributed by atoms with Crippen LogP contribution >= 0.6 is 24.0 Å². The standard InChI is InChI=1S/C21H37N5O2.HI/c1-8-21(9-2,26-19(27)28-20(4,5)6)15-25-18(22-7)23-13-12-17-11-10-16(3)24-14-17;/h10-11,14H,8-9,12-13,15H2,1-7H3,(H,26,27)(H2,22,23,25);1H. The number of amides is 1. The molecule has 1 amide bonds. The molecular weight excluding hydrogens is 481 g/mol. The summed E-state index contributed by atoms with van der Waals surface area (Å²) in [5, 5.41) is 9.68. The number of aliphatic imine (C=N–C) groups is 1. The normalized spacial score (nSPS) is 12.0. The molecule has 0 bridgehead atoms. The first-order valence-electron chi connectivity index (χ1n) is 10.00. The van der Waals surface area contributed by atoms with Crippen molar-refractivity contribution in [1.82, 2.24) is 20.9 Å². The Balaban J connectivity index is 0.00000784. The zero-order valence-corrected chi connectivity index (χ0v) is 21.2. The van der Waals surface area contributed by atoms with Gasteiger partial charge in [0, 0.05) is 32.0 Å². The van der Waals surface area contributed by atoms with E-state index in [1.54, 1.807) is 7.05 Å². The summed E-state index contributed by atoms with van der Waals surface area (Å²) in [6.45, 7) is 13.0. The zero-order chi connectivity index (χ0) is 21.2. The molecule has 1 rings (SSSR count). The maximum absolute atomic E-state index is 12.2. The van der Waals surface area contributed by atoms with Crippen LogP contribution in [0.1, 0.15) is 58.7 Å². The molecule has 0 fully saturated rings. The van der Waals surface area contributed by atoms with Crippen molar-refractivity contribution in [3.8, 4) is 0 Å². The number of halogens is 1. The smallest absolute Gasteiger partial charge is 0.408 e. The maximum atomic E-state index is 12.2. The van der Waals surface area contributed by atoms with E-state index in [2.05, 4.69) is 45.8 Å². The molecule has 8 heteroatoms. The Kier molecular flexibility index (Phi) is 12.2. The molecule has 3 N–H and O–H groups in total. The fourth-order valence-corrected chi connectivity index (χ4v) is 2.69. The Labute approximate surface area is 192 Å². The Hall–Kier alpha value is -1.58. The number of nitrogens with one attached hydrogen (secondary N) is 3. The van der Waals surface area contributed by atoms with Gasteiger partial charge in [0.15, 0.2) is 5.96 Å². The number of carbonyl (C=O) groups excluding carboxylic acids is 1. The van der Waals surface area contributed by atoms with Crippen molar-refractivity contribution in [2.45, 2.75) is 71.9 Å². The van der Waals surface area contributed by atoms with Gasteiger partial charge >= 0.3 is 6.09 Å². The lowest BCUT2D eigenvalue weighted by atomic mass is 9.93. The van der Waals surface area contributed by atoms with Crippen LogP contribution < -0.4 is 16.0 Å². The molecular formula is C21H38IN5O2. The van der Waals surface area contributed by atoms with Crippen LogP contribution in [-0.4, -0.2) is 48.3 Å². The van der Waals surface area contributed by atoms with Gasteiger partial charge in [-0.25, -0.2) is 4.79 Å². The summed E-state index contributed by atoms with van der Waals surface area (Å²) < 4.78 is 5.42. The van der Waals surface area contributed by atoms with Crippen LogP contribution in [0.2, 0.25) is 0 Å². The highest BCUT2D eigenvalue weighted by Gasteiger charge is 2.30. The molecule has 0 aromatic carbocycles. The minimum Gasteiger partial charge on any atom is -0.444 e. The monoisotopic (exact) mass is 519 g/mol. The van der Waals surface area contributed by atoms with Crippen molar-refractivity contribution in [2.75, 3.05) is 20.1 Å². The molecule has 0 spiro atoms. The highest BCUT2D eigenvalue weighted by atomic mass is 127. The molecule has 166 valence electrons. The largest absolute Gasteiger partial charge is 0.444 e. The van der Waals surface area contributed by atoms with Gasteiger partial charge in [0.05, 0.1) is 5.54 Å². The van der Waals surface area contributed by atoms with Gasteiger partial charge < -0.3 is 20.7 Å². The van der Waals surface area contributed by atoms with E-state index in [0.29, 0.717) is 12.5 Å². The molecule has 0 aliphatic heterocycles. The fraction of sp³-hybridized carbons (Fsp3) is 0.667. The number of rotatable bonds is 8. The second kappa shape index (κ2) is 12.9. The number of ether oxygens (including phenoxy) is 1. The van der Waals surface area contributed by atoms with E-state index >= 15 is 0 Å². The zero-order valence-electron chi connectivity index (χ0n) is 18.9. The molecule has 0 saturated carbocycles. The topological polar surface area (TPSA) is 87.6 Å². The first-order chi connectivity index (χ1) is 13.1. The van der Waals surface area contributed by atoms with Crippen molar-refractivity contribution >= 4 is 36.0 Å². The van der Waals surface area contributed by atoms with Crippen LogP contribution in [-0.2, 0) is 11.2 Å². The third-order valence-corrected chi connectivity index (χ3v) is 4.62. The number of nitrogens with zero attached hydrogens (tertiary/aromatic N) is 2. The number of aryl methyl sites for hydroxylation is 1. The number of hydrogen-bond donors (Lipinski definition) is 3. The van der Waals surface area contributed by atoms with Crippen molar-refractivity contribution in [3.63, 3.8) is 0 Å². The predicted octanol–water partition coefficient (Wildman–Crippen LogP) is 3.80. The molecule has 1 aromatic rings. The van der Waals surface area contributed by atoms with Gasteiger partial charge in [0.1, 0.15) is 5.60 Å². The van der Waals surface area contributed by atoms with Gasteiger partial charge in [0.2, 0.25) is 0 Å². The fourth-order valence-electron chi connectivity index (χ4n) is 2.69. The molecule has 0 aliphatic carbocycles. The highest BCUT2D eigenvalue weighted by molar-refractivity contribution is 14.0. The second-order valence-electron chi connectivity index (χ2n) is 8.02. The molecule has 1 aromatic heterocycles. The number of guanidine groups is 1. The van der Waals surface area contributed by atoms with Gasteiger partial charge in [-0.15, -0.1) is 24.0 Å². The van der Waals surface area contributed by atoms with Crippen LogP contribution in [0, 0.1) is 6.92 Å². The van der Waals surface area contributed by atoms with Gasteiger partial charge in [-0.05, 0) is 58.6 Å². The van der Waals surface area contributed by atoms with Crippen molar-refractivity contribution in [1.29, 1.82) is 0 Å².